The van der Waals surface area contributed by atoms with Crippen LogP contribution in [0.2, 0.25) is 0 Å². The Hall–Kier alpha value is -1.59. The number of rotatable bonds is 3. The van der Waals surface area contributed by atoms with Gasteiger partial charge in [0.1, 0.15) is 0 Å². The minimum Gasteiger partial charge on any atom is -0.345 e. The van der Waals surface area contributed by atoms with Crippen LogP contribution in [0.1, 0.15) is 31.1 Å². The summed E-state index contributed by atoms with van der Waals surface area (Å²) in [4.78, 5) is 25.2. The van der Waals surface area contributed by atoms with Gasteiger partial charge >= 0.3 is 0 Å². The van der Waals surface area contributed by atoms with Gasteiger partial charge in [-0.2, -0.15) is 0 Å². The van der Waals surface area contributed by atoms with Gasteiger partial charge in [0.05, 0.1) is 6.04 Å². The maximum Gasteiger partial charge on any atom is 0.253 e. The fraction of sp³-hybridized carbons (Fsp3) is 0.467. The first-order valence-electron chi connectivity index (χ1n) is 6.51. The van der Waals surface area contributed by atoms with E-state index in [4.69, 9.17) is 5.73 Å². The molecule has 0 fully saturated rings. The number of carbonyl (C=O) groups is 2. The molecular formula is C15H24ClN3O2. The van der Waals surface area contributed by atoms with E-state index in [-0.39, 0.29) is 29.6 Å². The summed E-state index contributed by atoms with van der Waals surface area (Å²) in [6.07, 6.45) is 0. The van der Waals surface area contributed by atoms with Crippen molar-refractivity contribution in [3.8, 4) is 0 Å². The van der Waals surface area contributed by atoms with Crippen molar-refractivity contribution < 1.29 is 9.59 Å². The molecule has 0 spiro atoms. The predicted octanol–water partition coefficient (Wildman–Crippen LogP) is 2.12. The minimum atomic E-state index is -0.592. The van der Waals surface area contributed by atoms with E-state index in [1.165, 1.54) is 4.90 Å². The van der Waals surface area contributed by atoms with Crippen molar-refractivity contribution in [2.45, 2.75) is 26.8 Å². The van der Waals surface area contributed by atoms with Gasteiger partial charge in [0.15, 0.2) is 0 Å². The van der Waals surface area contributed by atoms with Crippen molar-refractivity contribution in [1.29, 1.82) is 0 Å². The SMILES string of the molecule is CN(C)C(=O)c1ccc(NC(=O)[C@@H](N)C(C)(C)C)cc1.Cl. The lowest BCUT2D eigenvalue weighted by molar-refractivity contribution is -0.119. The molecule has 0 saturated heterocycles. The zero-order chi connectivity index (χ0) is 15.5. The molecule has 0 aromatic heterocycles. The molecule has 1 aromatic carbocycles. The summed E-state index contributed by atoms with van der Waals surface area (Å²) in [5.41, 5.74) is 6.79. The summed E-state index contributed by atoms with van der Waals surface area (Å²) in [6.45, 7) is 5.74. The van der Waals surface area contributed by atoms with Crippen LogP contribution in [0.4, 0.5) is 5.69 Å². The van der Waals surface area contributed by atoms with Gasteiger partial charge in [0.2, 0.25) is 5.91 Å². The van der Waals surface area contributed by atoms with Crippen molar-refractivity contribution in [3.63, 3.8) is 0 Å². The number of halogens is 1. The first-order valence-corrected chi connectivity index (χ1v) is 6.51. The van der Waals surface area contributed by atoms with Crippen LogP contribution in [0.5, 0.6) is 0 Å². The van der Waals surface area contributed by atoms with Crippen molar-refractivity contribution in [2.75, 3.05) is 19.4 Å². The molecule has 0 radical (unpaired) electrons. The minimum absolute atomic E-state index is 0. The fourth-order valence-corrected chi connectivity index (χ4v) is 1.57. The highest BCUT2D eigenvalue weighted by Crippen LogP contribution is 2.19. The highest BCUT2D eigenvalue weighted by Gasteiger charge is 2.27. The molecule has 0 heterocycles. The normalized spacial score (nSPS) is 12.1. The molecule has 1 atom stereocenters. The molecule has 0 aliphatic heterocycles. The highest BCUT2D eigenvalue weighted by atomic mass is 35.5. The maximum atomic E-state index is 12.0. The molecule has 6 heteroatoms. The number of nitrogens with one attached hydrogen (secondary N) is 1. The van der Waals surface area contributed by atoms with Crippen LogP contribution in [-0.2, 0) is 4.79 Å². The van der Waals surface area contributed by atoms with Crippen LogP contribution in [-0.4, -0.2) is 36.9 Å². The van der Waals surface area contributed by atoms with Crippen molar-refractivity contribution in [2.24, 2.45) is 11.1 Å². The second kappa shape index (κ2) is 7.43. The number of nitrogens with zero attached hydrogens (tertiary/aromatic N) is 1. The Labute approximate surface area is 132 Å². The van der Waals surface area contributed by atoms with Crippen molar-refractivity contribution in [1.82, 2.24) is 4.90 Å². The first-order chi connectivity index (χ1) is 9.12. The lowest BCUT2D eigenvalue weighted by Gasteiger charge is -2.25. The maximum absolute atomic E-state index is 12.0. The van der Waals surface area contributed by atoms with E-state index >= 15 is 0 Å². The third kappa shape index (κ3) is 5.36. The summed E-state index contributed by atoms with van der Waals surface area (Å²) < 4.78 is 0. The molecular weight excluding hydrogens is 290 g/mol. The van der Waals surface area contributed by atoms with Crippen LogP contribution >= 0.6 is 12.4 Å². The molecule has 5 nitrogen and oxygen atoms in total. The summed E-state index contributed by atoms with van der Waals surface area (Å²) in [5, 5.41) is 2.75. The molecule has 1 rings (SSSR count). The van der Waals surface area contributed by atoms with Gasteiger partial charge in [-0.05, 0) is 29.7 Å². The lowest BCUT2D eigenvalue weighted by Crippen LogP contribution is -2.45. The van der Waals surface area contributed by atoms with Crippen molar-refractivity contribution in [3.05, 3.63) is 29.8 Å². The van der Waals surface area contributed by atoms with Crippen LogP contribution in [0.25, 0.3) is 0 Å². The Morgan fingerprint density at radius 2 is 1.62 bits per heavy atom. The van der Waals surface area contributed by atoms with Crippen LogP contribution < -0.4 is 11.1 Å². The quantitative estimate of drug-likeness (QED) is 0.897. The van der Waals surface area contributed by atoms with E-state index in [0.717, 1.165) is 0 Å². The van der Waals surface area contributed by atoms with Gasteiger partial charge in [-0.3, -0.25) is 9.59 Å². The Kier molecular flexibility index (Phi) is 6.86. The number of amides is 2. The van der Waals surface area contributed by atoms with E-state index in [0.29, 0.717) is 11.3 Å². The molecule has 0 aliphatic rings. The van der Waals surface area contributed by atoms with Gasteiger partial charge < -0.3 is 16.0 Å². The van der Waals surface area contributed by atoms with E-state index in [1.54, 1.807) is 38.4 Å². The predicted molar refractivity (Wildman–Crippen MR) is 87.8 cm³/mol. The summed E-state index contributed by atoms with van der Waals surface area (Å²) >= 11 is 0. The van der Waals surface area contributed by atoms with Crippen molar-refractivity contribution >= 4 is 29.9 Å². The standard InChI is InChI=1S/C15H23N3O2.ClH/c1-15(2,3)12(16)13(19)17-11-8-6-10(7-9-11)14(20)18(4)5;/h6-9,12H,16H2,1-5H3,(H,17,19);1H/t12-;/m1./s1. The van der Waals surface area contributed by atoms with E-state index in [2.05, 4.69) is 5.32 Å². The largest absolute Gasteiger partial charge is 0.345 e. The van der Waals surface area contributed by atoms with Gasteiger partial charge in [0, 0.05) is 25.3 Å². The Bertz CT molecular complexity index is 493. The molecule has 0 bridgehead atoms. The Morgan fingerprint density at radius 1 is 1.14 bits per heavy atom. The first kappa shape index (κ1) is 19.4. The third-order valence-corrected chi connectivity index (χ3v) is 3.02. The van der Waals surface area contributed by atoms with Gasteiger partial charge in [-0.1, -0.05) is 20.8 Å². The number of hydrogen-bond acceptors (Lipinski definition) is 3. The zero-order valence-electron chi connectivity index (χ0n) is 13.1. The van der Waals surface area contributed by atoms with E-state index in [9.17, 15) is 9.59 Å². The molecule has 118 valence electrons. The van der Waals surface area contributed by atoms with Gasteiger partial charge in [-0.25, -0.2) is 0 Å². The molecule has 21 heavy (non-hydrogen) atoms. The number of carbonyl (C=O) groups excluding carboxylic acids is 2. The Balaban J connectivity index is 0.00000400. The molecule has 1 aromatic rings. The second-order valence-electron chi connectivity index (χ2n) is 6.11. The van der Waals surface area contributed by atoms with Crippen LogP contribution in [0, 0.1) is 5.41 Å². The summed E-state index contributed by atoms with van der Waals surface area (Å²) in [5.74, 6) is -0.307. The van der Waals surface area contributed by atoms with Crippen LogP contribution in [0.3, 0.4) is 0 Å². The number of hydrogen-bond donors (Lipinski definition) is 2. The van der Waals surface area contributed by atoms with Crippen LogP contribution in [0.15, 0.2) is 24.3 Å². The smallest absolute Gasteiger partial charge is 0.253 e. The monoisotopic (exact) mass is 313 g/mol. The number of nitrogens with two attached hydrogens (primary N) is 1. The Morgan fingerprint density at radius 3 is 2.00 bits per heavy atom. The molecule has 0 saturated carbocycles. The molecule has 3 N–H and O–H groups in total. The van der Waals surface area contributed by atoms with Gasteiger partial charge in [0.25, 0.3) is 5.91 Å². The zero-order valence-corrected chi connectivity index (χ0v) is 14.0. The number of anilines is 1. The molecule has 0 aliphatic carbocycles. The molecule has 2 amide bonds. The highest BCUT2D eigenvalue weighted by molar-refractivity contribution is 5.97. The lowest BCUT2D eigenvalue weighted by atomic mass is 9.87. The van der Waals surface area contributed by atoms with Gasteiger partial charge in [-0.15, -0.1) is 12.4 Å². The van der Waals surface area contributed by atoms with E-state index in [1.807, 2.05) is 20.8 Å². The average molecular weight is 314 g/mol. The average Bonchev–Trinajstić information content (AvgIpc) is 2.36. The summed E-state index contributed by atoms with van der Waals surface area (Å²) in [7, 11) is 3.39. The molecule has 0 unspecified atom stereocenters. The topological polar surface area (TPSA) is 75.4 Å². The number of benzene rings is 1. The fourth-order valence-electron chi connectivity index (χ4n) is 1.57. The summed E-state index contributed by atoms with van der Waals surface area (Å²) in [6, 6.07) is 6.17. The second-order valence-corrected chi connectivity index (χ2v) is 6.11. The van der Waals surface area contributed by atoms with E-state index < -0.39 is 6.04 Å². The third-order valence-electron chi connectivity index (χ3n) is 3.02.